The van der Waals surface area contributed by atoms with Gasteiger partial charge in [0.1, 0.15) is 11.6 Å². The van der Waals surface area contributed by atoms with Crippen LogP contribution in [0.1, 0.15) is 71.6 Å². The summed E-state index contributed by atoms with van der Waals surface area (Å²) in [7, 11) is 0. The van der Waals surface area contributed by atoms with E-state index >= 15 is 0 Å². The summed E-state index contributed by atoms with van der Waals surface area (Å²) in [4.78, 5) is 34.6. The molecule has 0 fully saturated rings. The Hall–Kier alpha value is -2.40. The molecular weight excluding hydrogens is 1510 g/mol. The molecule has 0 radical (unpaired) electrons. The smallest absolute Gasteiger partial charge is 0.657 e. The fourth-order valence-corrected chi connectivity index (χ4v) is 13.5. The van der Waals surface area contributed by atoms with Gasteiger partial charge in [-0.15, -0.1) is 27.7 Å². The molecule has 11 aromatic carbocycles. The summed E-state index contributed by atoms with van der Waals surface area (Å²) in [6.45, 7) is 2.11. The van der Waals surface area contributed by atoms with E-state index in [1.165, 1.54) is 6.08 Å². The molecule has 1 unspecified atom stereocenters. The number of carbonyl (C=O) groups is 2. The number of hydrogen-bond donors (Lipinski definition) is 1. The number of carbonyl (C=O) groups excluding carboxylic acids is 1. The molecule has 0 aliphatic heterocycles. The van der Waals surface area contributed by atoms with E-state index in [2.05, 4.69) is 194 Å². The van der Waals surface area contributed by atoms with Crippen LogP contribution in [0.2, 0.25) is 0 Å². The number of nitriles is 1. The Balaban J connectivity index is 0.00000184. The van der Waals surface area contributed by atoms with Gasteiger partial charge in [-0.3, -0.25) is 4.79 Å². The number of aliphatic carboxylic acids is 1. The number of aryl methyl sites for hydroxylation is 1. The largest absolute Gasteiger partial charge is 1.00 e. The Labute approximate surface area is 723 Å². The first-order valence-electron chi connectivity index (χ1n) is 26.6. The molecule has 1 atom stereocenters. The van der Waals surface area contributed by atoms with Crippen LogP contribution in [0.3, 0.4) is 0 Å². The molecule has 376 valence electrons. The number of ketones is 1. The van der Waals surface area contributed by atoms with Crippen molar-refractivity contribution in [3.8, 4) is 39.4 Å². The van der Waals surface area contributed by atoms with Gasteiger partial charge in [0.25, 0.3) is 0 Å². The zero-order valence-electron chi connectivity index (χ0n) is 47.1. The Morgan fingerprint density at radius 2 is 0.940 bits per heavy atom. The molecule has 10 heteroatoms. The number of aromatic nitrogens is 1. The van der Waals surface area contributed by atoms with Gasteiger partial charge in [0.2, 0.25) is 0 Å². The predicted octanol–water partition coefficient (Wildman–Crippen LogP) is 4.07. The van der Waals surface area contributed by atoms with E-state index in [-0.39, 0.29) is 281 Å². The van der Waals surface area contributed by atoms with Gasteiger partial charge >= 0.3 is 282 Å². The maximum atomic E-state index is 14.9. The second kappa shape index (κ2) is 25.8. The van der Waals surface area contributed by atoms with Crippen molar-refractivity contribution in [2.75, 3.05) is 4.90 Å². The van der Waals surface area contributed by atoms with E-state index in [0.29, 0.717) is 16.7 Å². The molecule has 0 bridgehead atoms. The SMILES string of the molecule is Cc1ccc(C2(c3cc[c-]cc3)c3cc4c(cc3-c3cc5c(cc32)-c2cc3[n-]c6cc(N(c7ccccc7)c7ccccc7)ccc6c3cc2C5(c2cc[c-]cc2)c2cc[c-]cc2)C(=O)c2cc(/C=C(\C#N)C(=O)O)ccc2-4)cc1.[Cs+].[Cs+].[Cs+].[Cs+]. The van der Waals surface area contributed by atoms with Crippen molar-refractivity contribution >= 4 is 56.7 Å². The first kappa shape index (κ1) is 63.2. The van der Waals surface area contributed by atoms with Crippen LogP contribution in [0.4, 0.5) is 17.1 Å². The molecule has 12 aromatic rings. The van der Waals surface area contributed by atoms with Crippen LogP contribution in [0.25, 0.3) is 61.3 Å². The van der Waals surface area contributed by atoms with E-state index in [0.717, 1.165) is 122 Å². The van der Waals surface area contributed by atoms with Crippen molar-refractivity contribution in [1.29, 1.82) is 5.26 Å². The molecule has 6 nitrogen and oxygen atoms in total. The number of para-hydroxylation sites is 2. The average molecular weight is 1550 g/mol. The third-order valence-electron chi connectivity index (χ3n) is 16.9. The van der Waals surface area contributed by atoms with Crippen molar-refractivity contribution in [3.63, 3.8) is 0 Å². The normalized spacial score (nSPS) is 14.4. The van der Waals surface area contributed by atoms with Gasteiger partial charge in [-0.2, -0.15) is 96.3 Å². The van der Waals surface area contributed by atoms with E-state index in [4.69, 9.17) is 4.98 Å². The number of rotatable bonds is 9. The minimum absolute atomic E-state index is 0. The first-order valence-corrected chi connectivity index (χ1v) is 26.6. The van der Waals surface area contributed by atoms with Gasteiger partial charge in [-0.25, -0.2) is 4.79 Å². The van der Waals surface area contributed by atoms with Gasteiger partial charge in [0, 0.05) is 39.0 Å². The molecule has 3 aliphatic rings. The first-order chi connectivity index (χ1) is 39.2. The van der Waals surface area contributed by atoms with E-state index in [9.17, 15) is 20.0 Å². The number of carboxylic acid groups (broad SMARTS) is 1. The van der Waals surface area contributed by atoms with Crippen LogP contribution < -0.4 is 285 Å². The average Bonchev–Trinajstić information content (AvgIpc) is 1.55. The van der Waals surface area contributed by atoms with Gasteiger partial charge in [0.05, 0.1) is 0 Å². The molecule has 0 saturated heterocycles. The molecule has 15 rings (SSSR count). The molecular formula is C74H43Cs4N3O3. The topological polar surface area (TPSA) is 95.5 Å². The molecule has 0 amide bonds. The molecule has 0 saturated carbocycles. The maximum Gasteiger partial charge on any atom is 1.00 e. The predicted molar refractivity (Wildman–Crippen MR) is 315 cm³/mol. The van der Waals surface area contributed by atoms with Crippen LogP contribution in [0.5, 0.6) is 0 Å². The van der Waals surface area contributed by atoms with Crippen LogP contribution >= 0.6 is 0 Å². The number of benzene rings is 11. The fraction of sp³-hybridized carbons (Fsp3) is 0.0405. The molecule has 84 heavy (non-hydrogen) atoms. The van der Waals surface area contributed by atoms with Gasteiger partial charge in [-0.1, -0.05) is 103 Å². The molecule has 1 aromatic heterocycles. The Morgan fingerprint density at radius 1 is 0.476 bits per heavy atom. The van der Waals surface area contributed by atoms with E-state index < -0.39 is 22.4 Å². The Kier molecular flexibility index (Phi) is 19.4. The number of nitrogens with zero attached hydrogens (tertiary/aromatic N) is 3. The van der Waals surface area contributed by atoms with Crippen molar-refractivity contribution in [2.24, 2.45) is 0 Å². The summed E-state index contributed by atoms with van der Waals surface area (Å²) < 4.78 is 0. The molecule has 1 heterocycles. The summed E-state index contributed by atoms with van der Waals surface area (Å²) in [6, 6.07) is 92.4. The van der Waals surface area contributed by atoms with Crippen molar-refractivity contribution in [1.82, 2.24) is 4.98 Å². The fourth-order valence-electron chi connectivity index (χ4n) is 13.5. The third kappa shape index (κ3) is 10.2. The minimum atomic E-state index is -1.33. The van der Waals surface area contributed by atoms with E-state index in [1.807, 2.05) is 54.6 Å². The summed E-state index contributed by atoms with van der Waals surface area (Å²) in [5.41, 5.74) is 19.8. The zero-order chi connectivity index (χ0) is 53.9. The van der Waals surface area contributed by atoms with Crippen LogP contribution in [0, 0.1) is 36.5 Å². The summed E-state index contributed by atoms with van der Waals surface area (Å²) in [6.07, 6.45) is 1.31. The van der Waals surface area contributed by atoms with Crippen LogP contribution in [-0.2, 0) is 15.6 Å². The van der Waals surface area contributed by atoms with Crippen LogP contribution in [0.15, 0.2) is 236 Å². The Bertz CT molecular complexity index is 4580. The summed E-state index contributed by atoms with van der Waals surface area (Å²) >= 11 is 0. The molecule has 3 aliphatic carbocycles. The monoisotopic (exact) mass is 1550 g/mol. The summed E-state index contributed by atoms with van der Waals surface area (Å²) in [5.74, 6) is -1.49. The molecule has 0 spiro atoms. The quantitative estimate of drug-likeness (QED) is 0.133. The number of anilines is 3. The Morgan fingerprint density at radius 3 is 1.46 bits per heavy atom. The molecule has 1 N–H and O–H groups in total. The van der Waals surface area contributed by atoms with Crippen molar-refractivity contribution < 1.29 is 290 Å². The third-order valence-corrected chi connectivity index (χ3v) is 16.9. The van der Waals surface area contributed by atoms with Gasteiger partial charge < -0.3 is 15.0 Å². The standard InChI is InChI=1S/C74H44N3O3.4Cs/c1-45-27-30-51(31-28-45)74(50-21-11-4-12-22-50)65-39-57-55-33-29-46(35-47(44-75)72(79)80)36-63(55)71(78)64(57)38-58(65)59-40-67-60(41-66(59)74)61-43-70-62(42-68(61)73(67,48-17-7-2-8-18-48)49-19-9-3-10-20-49)56-34-32-54(37-69(56)76-70)77(52-23-13-5-14-24-52)53-25-15-6-16-26-53;;;;/h5-43H,1H3,(H2,76,78,79,80);;;;/q-3;4*+1/p-1/b47-35+;;;;. The zero-order valence-corrected chi connectivity index (χ0v) is 72.2. The second-order valence-electron chi connectivity index (χ2n) is 21.0. The van der Waals surface area contributed by atoms with Crippen molar-refractivity contribution in [3.05, 3.63) is 321 Å². The van der Waals surface area contributed by atoms with Gasteiger partial charge in [-0.05, 0) is 151 Å². The van der Waals surface area contributed by atoms with Crippen molar-refractivity contribution in [2.45, 2.75) is 17.8 Å². The van der Waals surface area contributed by atoms with Gasteiger partial charge in [0.15, 0.2) is 5.78 Å². The number of fused-ring (bicyclic) bond motifs is 12. The second-order valence-corrected chi connectivity index (χ2v) is 21.0. The summed E-state index contributed by atoms with van der Waals surface area (Å²) in [5, 5.41) is 21.5. The van der Waals surface area contributed by atoms with Crippen LogP contribution in [-0.4, -0.2) is 16.9 Å². The van der Waals surface area contributed by atoms with E-state index in [1.54, 1.807) is 18.2 Å². The number of hydrogen-bond acceptors (Lipinski definition) is 4. The minimum Gasteiger partial charge on any atom is -0.657 e. The number of carboxylic acids is 1. The maximum absolute atomic E-state index is 14.9.